The lowest BCUT2D eigenvalue weighted by Gasteiger charge is -2.30. The fraction of sp³-hybridized carbons (Fsp3) is 0.286. The van der Waals surface area contributed by atoms with Crippen molar-refractivity contribution in [3.8, 4) is 0 Å². The molecule has 0 aliphatic rings. The minimum atomic E-state index is -1.15. The lowest BCUT2D eigenvalue weighted by atomic mass is 9.76. The van der Waals surface area contributed by atoms with Crippen LogP contribution in [0.1, 0.15) is 19.4 Å². The summed E-state index contributed by atoms with van der Waals surface area (Å²) in [6.07, 6.45) is 1.56. The van der Waals surface area contributed by atoms with Crippen LogP contribution in [0.25, 0.3) is 10.9 Å². The molecule has 0 fully saturated rings. The molecule has 106 valence electrons. The van der Waals surface area contributed by atoms with Gasteiger partial charge in [-0.1, -0.05) is 19.9 Å². The third-order valence-corrected chi connectivity index (χ3v) is 4.28. The van der Waals surface area contributed by atoms with Crippen LogP contribution in [0.2, 0.25) is 0 Å². The Hall–Kier alpha value is -1.53. The van der Waals surface area contributed by atoms with Crippen molar-refractivity contribution < 1.29 is 14.3 Å². The molecule has 0 unspecified atom stereocenters. The van der Waals surface area contributed by atoms with Gasteiger partial charge in [0.05, 0.1) is 9.99 Å². The Bertz CT molecular complexity index is 688. The van der Waals surface area contributed by atoms with Crippen LogP contribution in [0.5, 0.6) is 0 Å². The Kier molecular flexibility index (Phi) is 3.80. The molecule has 0 saturated heterocycles. The quantitative estimate of drug-likeness (QED) is 0.900. The molecular formula is C14H14BrFN2O2. The maximum Gasteiger partial charge on any atom is 0.321 e. The number of hydrogen-bond acceptors (Lipinski definition) is 3. The van der Waals surface area contributed by atoms with E-state index in [4.69, 9.17) is 10.8 Å². The summed E-state index contributed by atoms with van der Waals surface area (Å²) in [7, 11) is 0. The molecule has 0 radical (unpaired) electrons. The Balaban J connectivity index is 2.78. The highest BCUT2D eigenvalue weighted by Gasteiger charge is 2.35. The number of rotatable bonds is 3. The summed E-state index contributed by atoms with van der Waals surface area (Å²) < 4.78 is 14.3. The van der Waals surface area contributed by atoms with E-state index < -0.39 is 23.2 Å². The highest BCUT2D eigenvalue weighted by molar-refractivity contribution is 9.10. The monoisotopic (exact) mass is 340 g/mol. The van der Waals surface area contributed by atoms with Crippen molar-refractivity contribution in [2.24, 2.45) is 5.73 Å². The minimum Gasteiger partial charge on any atom is -0.480 e. The van der Waals surface area contributed by atoms with Crippen molar-refractivity contribution in [3.05, 3.63) is 40.2 Å². The maximum atomic E-state index is 14.0. The zero-order valence-electron chi connectivity index (χ0n) is 11.0. The third-order valence-electron chi connectivity index (χ3n) is 3.52. The molecule has 1 atom stereocenters. The van der Waals surface area contributed by atoms with Gasteiger partial charge in [0.1, 0.15) is 11.9 Å². The number of halogens is 2. The number of carboxylic acids is 1. The van der Waals surface area contributed by atoms with Crippen LogP contribution in [0.4, 0.5) is 4.39 Å². The standard InChI is InChI=1S/C14H14BrFN2O2/c1-14(2,12(17)13(19)20)8-6-9(16)10(15)11-7(8)4-3-5-18-11/h3-6,12H,17H2,1-2H3,(H,19,20)/t12-/m1/s1. The van der Waals surface area contributed by atoms with Gasteiger partial charge in [-0.25, -0.2) is 4.39 Å². The van der Waals surface area contributed by atoms with Crippen molar-refractivity contribution >= 4 is 32.8 Å². The molecule has 4 nitrogen and oxygen atoms in total. The fourth-order valence-corrected chi connectivity index (χ4v) is 2.62. The Morgan fingerprint density at radius 2 is 2.20 bits per heavy atom. The number of carbonyl (C=O) groups is 1. The Morgan fingerprint density at radius 1 is 1.55 bits per heavy atom. The molecule has 2 aromatic rings. The highest BCUT2D eigenvalue weighted by atomic mass is 79.9. The Morgan fingerprint density at radius 3 is 2.80 bits per heavy atom. The van der Waals surface area contributed by atoms with Crippen molar-refractivity contribution in [1.82, 2.24) is 4.98 Å². The normalized spacial score (nSPS) is 13.4. The summed E-state index contributed by atoms with van der Waals surface area (Å²) in [5.74, 6) is -1.62. The fourth-order valence-electron chi connectivity index (χ4n) is 2.19. The SMILES string of the molecule is CC(C)(c1cc(F)c(Br)c2ncccc12)[C@H](N)C(=O)O. The van der Waals surface area contributed by atoms with Gasteiger partial charge >= 0.3 is 5.97 Å². The molecule has 6 heteroatoms. The average molecular weight is 341 g/mol. The number of benzene rings is 1. The summed E-state index contributed by atoms with van der Waals surface area (Å²) in [6.45, 7) is 3.36. The molecule has 1 heterocycles. The molecule has 0 bridgehead atoms. The van der Waals surface area contributed by atoms with Crippen LogP contribution in [0, 0.1) is 5.82 Å². The molecule has 0 spiro atoms. The highest BCUT2D eigenvalue weighted by Crippen LogP contribution is 2.36. The van der Waals surface area contributed by atoms with E-state index >= 15 is 0 Å². The predicted octanol–water partition coefficient (Wildman–Crippen LogP) is 2.83. The number of hydrogen-bond donors (Lipinski definition) is 2. The Labute approximate surface area is 123 Å². The van der Waals surface area contributed by atoms with Gasteiger partial charge in [-0.05, 0) is 33.6 Å². The number of carboxylic acid groups (broad SMARTS) is 1. The largest absolute Gasteiger partial charge is 0.480 e. The van der Waals surface area contributed by atoms with E-state index in [1.807, 2.05) is 0 Å². The van der Waals surface area contributed by atoms with Gasteiger partial charge in [-0.15, -0.1) is 0 Å². The first-order valence-electron chi connectivity index (χ1n) is 5.98. The molecule has 1 aromatic carbocycles. The molecule has 2 rings (SSSR count). The minimum absolute atomic E-state index is 0.261. The van der Waals surface area contributed by atoms with E-state index in [0.717, 1.165) is 0 Å². The van der Waals surface area contributed by atoms with E-state index in [1.54, 1.807) is 32.2 Å². The summed E-state index contributed by atoms with van der Waals surface area (Å²) >= 11 is 3.16. The van der Waals surface area contributed by atoms with E-state index in [-0.39, 0.29) is 4.47 Å². The first-order chi connectivity index (χ1) is 9.26. The summed E-state index contributed by atoms with van der Waals surface area (Å²) in [5.41, 5.74) is 5.79. The van der Waals surface area contributed by atoms with E-state index in [2.05, 4.69) is 20.9 Å². The second-order valence-corrected chi connectivity index (χ2v) is 5.95. The van der Waals surface area contributed by atoms with Crippen molar-refractivity contribution in [1.29, 1.82) is 0 Å². The first kappa shape index (κ1) is 14.9. The number of aliphatic carboxylic acids is 1. The molecule has 20 heavy (non-hydrogen) atoms. The predicted molar refractivity (Wildman–Crippen MR) is 78.0 cm³/mol. The number of pyridine rings is 1. The van der Waals surface area contributed by atoms with Crippen LogP contribution in [-0.2, 0) is 10.2 Å². The second kappa shape index (κ2) is 5.10. The zero-order chi connectivity index (χ0) is 15.1. The molecule has 0 aliphatic carbocycles. The topological polar surface area (TPSA) is 76.2 Å². The number of aromatic nitrogens is 1. The van der Waals surface area contributed by atoms with E-state index in [1.165, 1.54) is 6.07 Å². The third kappa shape index (κ3) is 2.29. The average Bonchev–Trinajstić information content (AvgIpc) is 2.41. The number of nitrogens with zero attached hydrogens (tertiary/aromatic N) is 1. The van der Waals surface area contributed by atoms with Gasteiger partial charge < -0.3 is 10.8 Å². The zero-order valence-corrected chi connectivity index (χ0v) is 12.6. The van der Waals surface area contributed by atoms with Gasteiger partial charge in [-0.2, -0.15) is 0 Å². The smallest absolute Gasteiger partial charge is 0.321 e. The van der Waals surface area contributed by atoms with Crippen molar-refractivity contribution in [2.75, 3.05) is 0 Å². The number of nitrogens with two attached hydrogens (primary N) is 1. The summed E-state index contributed by atoms with van der Waals surface area (Å²) in [6, 6.07) is 3.67. The molecular weight excluding hydrogens is 327 g/mol. The first-order valence-corrected chi connectivity index (χ1v) is 6.77. The molecule has 0 saturated carbocycles. The summed E-state index contributed by atoms with van der Waals surface area (Å²) in [5, 5.41) is 9.81. The molecule has 0 aliphatic heterocycles. The van der Waals surface area contributed by atoms with E-state index in [9.17, 15) is 9.18 Å². The van der Waals surface area contributed by atoms with Gasteiger partial charge in [-0.3, -0.25) is 9.78 Å². The van der Waals surface area contributed by atoms with Crippen LogP contribution in [0.15, 0.2) is 28.9 Å². The van der Waals surface area contributed by atoms with Gasteiger partial charge in [0.25, 0.3) is 0 Å². The van der Waals surface area contributed by atoms with Gasteiger partial charge in [0.2, 0.25) is 0 Å². The lowest BCUT2D eigenvalue weighted by molar-refractivity contribution is -0.140. The lowest BCUT2D eigenvalue weighted by Crippen LogP contribution is -2.47. The second-order valence-electron chi connectivity index (χ2n) is 5.16. The van der Waals surface area contributed by atoms with E-state index in [0.29, 0.717) is 16.5 Å². The van der Waals surface area contributed by atoms with Crippen molar-refractivity contribution in [3.63, 3.8) is 0 Å². The van der Waals surface area contributed by atoms with Crippen molar-refractivity contribution in [2.45, 2.75) is 25.3 Å². The molecule has 3 N–H and O–H groups in total. The maximum absolute atomic E-state index is 14.0. The number of fused-ring (bicyclic) bond motifs is 1. The van der Waals surface area contributed by atoms with Crippen LogP contribution >= 0.6 is 15.9 Å². The molecule has 0 amide bonds. The van der Waals surface area contributed by atoms with Gasteiger partial charge in [0.15, 0.2) is 0 Å². The van der Waals surface area contributed by atoms with Crippen LogP contribution in [0.3, 0.4) is 0 Å². The van der Waals surface area contributed by atoms with Crippen LogP contribution in [-0.4, -0.2) is 22.1 Å². The summed E-state index contributed by atoms with van der Waals surface area (Å²) in [4.78, 5) is 15.3. The van der Waals surface area contributed by atoms with Gasteiger partial charge in [0, 0.05) is 17.0 Å². The van der Waals surface area contributed by atoms with Crippen LogP contribution < -0.4 is 5.73 Å². The molecule has 1 aromatic heterocycles.